The van der Waals surface area contributed by atoms with Gasteiger partial charge in [-0.15, -0.1) is 0 Å². The van der Waals surface area contributed by atoms with Gasteiger partial charge in [0, 0.05) is 48.0 Å². The molecule has 3 amide bonds. The summed E-state index contributed by atoms with van der Waals surface area (Å²) in [6.45, 7) is 0.644. The average molecular weight is 606 g/mol. The molecule has 1 atom stereocenters. The lowest BCUT2D eigenvalue weighted by Gasteiger charge is -2.35. The first kappa shape index (κ1) is 30.5. The summed E-state index contributed by atoms with van der Waals surface area (Å²) in [6.07, 6.45) is 5.62. The quantitative estimate of drug-likeness (QED) is 0.287. The zero-order valence-electron chi connectivity index (χ0n) is 25.3. The first-order valence-electron chi connectivity index (χ1n) is 14.8. The summed E-state index contributed by atoms with van der Waals surface area (Å²) in [5, 5.41) is 3.72. The predicted octanol–water partition coefficient (Wildman–Crippen LogP) is 7.53. The van der Waals surface area contributed by atoms with Gasteiger partial charge in [0.25, 0.3) is 5.91 Å². The van der Waals surface area contributed by atoms with E-state index in [0.717, 1.165) is 49.8 Å². The summed E-state index contributed by atoms with van der Waals surface area (Å²) in [4.78, 5) is 30.1. The normalized spacial score (nSPS) is 19.9. The van der Waals surface area contributed by atoms with Crippen molar-refractivity contribution in [1.29, 1.82) is 0 Å². The molecule has 228 valence electrons. The lowest BCUT2D eigenvalue weighted by Crippen LogP contribution is -2.39. The van der Waals surface area contributed by atoms with E-state index in [0.29, 0.717) is 40.3 Å². The predicted molar refractivity (Wildman–Crippen MR) is 169 cm³/mol. The van der Waals surface area contributed by atoms with Gasteiger partial charge in [0.1, 0.15) is 17.2 Å². The molecule has 1 aliphatic carbocycles. The fourth-order valence-corrected chi connectivity index (χ4v) is 6.59. The minimum absolute atomic E-state index is 0.0318. The Balaban J connectivity index is 1.19. The first-order chi connectivity index (χ1) is 20.8. The molecule has 9 heteroatoms. The van der Waals surface area contributed by atoms with Crippen LogP contribution in [-0.4, -0.2) is 62.7 Å². The molecule has 5 rings (SSSR count). The van der Waals surface area contributed by atoms with Crippen LogP contribution in [-0.2, 0) is 0 Å². The molecule has 0 radical (unpaired) electrons. The van der Waals surface area contributed by atoms with Gasteiger partial charge in [-0.3, -0.25) is 4.79 Å². The van der Waals surface area contributed by atoms with Crippen LogP contribution in [0.25, 0.3) is 0 Å². The molecule has 1 N–H and O–H groups in total. The summed E-state index contributed by atoms with van der Waals surface area (Å²) >= 11 is 5.98. The number of hydrogen-bond donors (Lipinski definition) is 1. The number of urea groups is 1. The van der Waals surface area contributed by atoms with Gasteiger partial charge in [-0.25, -0.2) is 4.79 Å². The van der Waals surface area contributed by atoms with Gasteiger partial charge in [0.15, 0.2) is 0 Å². The molecule has 2 aliphatic rings. The highest BCUT2D eigenvalue weighted by molar-refractivity contribution is 6.30. The Morgan fingerprint density at radius 2 is 1.49 bits per heavy atom. The van der Waals surface area contributed by atoms with E-state index >= 15 is 0 Å². The molecule has 8 nitrogen and oxygen atoms in total. The van der Waals surface area contributed by atoms with E-state index in [9.17, 15) is 9.59 Å². The summed E-state index contributed by atoms with van der Waals surface area (Å²) < 4.78 is 16.7. The Hall–Kier alpha value is -3.91. The summed E-state index contributed by atoms with van der Waals surface area (Å²) in [6, 6.07) is 18.8. The van der Waals surface area contributed by atoms with Crippen molar-refractivity contribution in [3.63, 3.8) is 0 Å². The smallest absolute Gasteiger partial charge is 0.322 e. The Labute approximate surface area is 258 Å². The van der Waals surface area contributed by atoms with Crippen LogP contribution < -0.4 is 19.5 Å². The number of anilines is 1. The number of halogens is 1. The maximum absolute atomic E-state index is 13.5. The number of hydrogen-bond acceptors (Lipinski definition) is 5. The molecule has 0 spiro atoms. The number of benzene rings is 3. The van der Waals surface area contributed by atoms with Crippen LogP contribution in [0.2, 0.25) is 5.02 Å². The van der Waals surface area contributed by atoms with Crippen LogP contribution in [0, 0.1) is 0 Å². The van der Waals surface area contributed by atoms with Crippen molar-refractivity contribution in [2.24, 2.45) is 0 Å². The van der Waals surface area contributed by atoms with Crippen molar-refractivity contribution in [2.75, 3.05) is 40.2 Å². The Kier molecular flexibility index (Phi) is 9.65. The third kappa shape index (κ3) is 6.69. The first-order valence-corrected chi connectivity index (χ1v) is 15.2. The van der Waals surface area contributed by atoms with E-state index < -0.39 is 0 Å². The number of rotatable bonds is 8. The van der Waals surface area contributed by atoms with Crippen molar-refractivity contribution in [1.82, 2.24) is 9.80 Å². The Morgan fingerprint density at radius 1 is 0.860 bits per heavy atom. The van der Waals surface area contributed by atoms with Gasteiger partial charge in [-0.2, -0.15) is 0 Å². The molecule has 3 aromatic rings. The van der Waals surface area contributed by atoms with Crippen molar-refractivity contribution < 1.29 is 23.8 Å². The zero-order valence-corrected chi connectivity index (χ0v) is 26.0. The molecule has 1 saturated heterocycles. The molecule has 0 bridgehead atoms. The van der Waals surface area contributed by atoms with E-state index in [2.05, 4.69) is 17.4 Å². The highest BCUT2D eigenvalue weighted by Gasteiger charge is 2.35. The molecule has 1 unspecified atom stereocenters. The number of ether oxygens (including phenoxy) is 3. The number of amides is 3. The lowest BCUT2D eigenvalue weighted by molar-refractivity contribution is 0.0689. The van der Waals surface area contributed by atoms with Crippen LogP contribution in [0.1, 0.15) is 72.0 Å². The molecular weight excluding hydrogens is 566 g/mol. The molecule has 43 heavy (non-hydrogen) atoms. The summed E-state index contributed by atoms with van der Waals surface area (Å²) in [5.41, 5.74) is 3.53. The van der Waals surface area contributed by atoms with Gasteiger partial charge in [-0.1, -0.05) is 23.7 Å². The van der Waals surface area contributed by atoms with Gasteiger partial charge in [0.2, 0.25) is 0 Å². The number of carbonyl (C=O) groups excluding carboxylic acids is 2. The van der Waals surface area contributed by atoms with Crippen molar-refractivity contribution >= 4 is 29.2 Å². The second-order valence-corrected chi connectivity index (χ2v) is 11.7. The van der Waals surface area contributed by atoms with Crippen molar-refractivity contribution in [2.45, 2.75) is 56.5 Å². The van der Waals surface area contributed by atoms with E-state index in [1.165, 1.54) is 5.56 Å². The third-order valence-electron chi connectivity index (χ3n) is 8.89. The number of nitrogens with zero attached hydrogens (tertiary/aromatic N) is 2. The van der Waals surface area contributed by atoms with Crippen molar-refractivity contribution in [3.05, 3.63) is 82.4 Å². The van der Waals surface area contributed by atoms with E-state index in [1.54, 1.807) is 45.6 Å². The SMILES string of the molecule is COc1cc(OC)c(C2CCCN2C(=O)Nc2ccc(C3CCC(N(C)C(=O)c4ccc(Cl)cc4)CC3)cc2)c(OC)c1. The number of nitrogens with one attached hydrogen (secondary N) is 1. The van der Waals surface area contributed by atoms with E-state index in [1.807, 2.05) is 41.1 Å². The monoisotopic (exact) mass is 605 g/mol. The molecule has 1 saturated carbocycles. The molecule has 2 fully saturated rings. The topological polar surface area (TPSA) is 80.3 Å². The Morgan fingerprint density at radius 3 is 2.07 bits per heavy atom. The van der Waals surface area contributed by atoms with Crippen molar-refractivity contribution in [3.8, 4) is 17.2 Å². The van der Waals surface area contributed by atoms with Gasteiger partial charge in [0.05, 0.1) is 32.9 Å². The van der Waals surface area contributed by atoms with Gasteiger partial charge < -0.3 is 29.3 Å². The molecular formula is C34H40ClN3O5. The van der Waals surface area contributed by atoms with E-state index in [-0.39, 0.29) is 24.0 Å². The molecule has 0 aromatic heterocycles. The average Bonchev–Trinajstić information content (AvgIpc) is 3.54. The number of carbonyl (C=O) groups is 2. The minimum Gasteiger partial charge on any atom is -0.496 e. The standard InChI is InChI=1S/C34H40ClN3O5/c1-37(33(39)24-7-13-25(35)14-8-24)27-17-11-23(12-18-27)22-9-15-26(16-10-22)36-34(40)38-19-5-6-29(38)32-30(42-3)20-28(41-2)21-31(32)43-4/h7-10,13-16,20-21,23,27,29H,5-6,11-12,17-19H2,1-4H3,(H,36,40). The number of methoxy groups -OCH3 is 3. The lowest BCUT2D eigenvalue weighted by atomic mass is 9.81. The largest absolute Gasteiger partial charge is 0.496 e. The highest BCUT2D eigenvalue weighted by atomic mass is 35.5. The summed E-state index contributed by atoms with van der Waals surface area (Å²) in [7, 11) is 6.73. The van der Waals surface area contributed by atoms with Crippen LogP contribution in [0.15, 0.2) is 60.7 Å². The van der Waals surface area contributed by atoms with Crippen LogP contribution in [0.5, 0.6) is 17.2 Å². The van der Waals surface area contributed by atoms with E-state index in [4.69, 9.17) is 25.8 Å². The van der Waals surface area contributed by atoms with Crippen LogP contribution in [0.4, 0.5) is 10.5 Å². The maximum atomic E-state index is 13.5. The fraction of sp³-hybridized carbons (Fsp3) is 0.412. The molecule has 1 aliphatic heterocycles. The summed E-state index contributed by atoms with van der Waals surface area (Å²) in [5.74, 6) is 2.38. The zero-order chi connectivity index (χ0) is 30.5. The fourth-order valence-electron chi connectivity index (χ4n) is 6.46. The van der Waals surface area contributed by atoms with Crippen LogP contribution >= 0.6 is 11.6 Å². The maximum Gasteiger partial charge on any atom is 0.322 e. The minimum atomic E-state index is -0.171. The van der Waals surface area contributed by atoms with Gasteiger partial charge >= 0.3 is 6.03 Å². The Bertz CT molecular complexity index is 1400. The second kappa shape index (κ2) is 13.6. The molecule has 3 aromatic carbocycles. The highest BCUT2D eigenvalue weighted by Crippen LogP contribution is 2.45. The van der Waals surface area contributed by atoms with Crippen LogP contribution in [0.3, 0.4) is 0 Å². The third-order valence-corrected chi connectivity index (χ3v) is 9.14. The van der Waals surface area contributed by atoms with Gasteiger partial charge in [-0.05, 0) is 86.4 Å². The molecule has 1 heterocycles. The second-order valence-electron chi connectivity index (χ2n) is 11.3. The number of likely N-dealkylation sites (tertiary alicyclic amines) is 1.